The molecular formula is C32H39N3O4S. The number of allylic oxidation sites excluding steroid dienone is 1. The Kier molecular flexibility index (Phi) is 9.30. The van der Waals surface area contributed by atoms with Gasteiger partial charge in [0.25, 0.3) is 5.56 Å². The molecule has 3 aromatic rings. The van der Waals surface area contributed by atoms with Crippen LogP contribution in [0, 0.1) is 0 Å². The molecule has 8 heteroatoms. The summed E-state index contributed by atoms with van der Waals surface area (Å²) in [6, 6.07) is 12.9. The van der Waals surface area contributed by atoms with Gasteiger partial charge in [0.1, 0.15) is 5.75 Å². The minimum atomic E-state index is -0.654. The molecule has 2 aromatic carbocycles. The number of hydrogen-bond donors (Lipinski definition) is 1. The number of thiazole rings is 1. The molecule has 2 heterocycles. The minimum absolute atomic E-state index is 0.106. The minimum Gasteiger partial charge on any atom is -0.507 e. The first-order valence-corrected chi connectivity index (χ1v) is 14.9. The second-order valence-corrected chi connectivity index (χ2v) is 11.2. The average molecular weight is 562 g/mol. The van der Waals surface area contributed by atoms with Crippen molar-refractivity contribution in [2.75, 3.05) is 24.6 Å². The number of fused-ring (bicyclic) bond motifs is 1. The lowest BCUT2D eigenvalue weighted by Crippen LogP contribution is -2.40. The van der Waals surface area contributed by atoms with E-state index in [1.807, 2.05) is 43.3 Å². The van der Waals surface area contributed by atoms with Crippen molar-refractivity contribution in [3.8, 4) is 5.75 Å². The van der Waals surface area contributed by atoms with E-state index in [1.54, 1.807) is 23.6 Å². The highest BCUT2D eigenvalue weighted by atomic mass is 32.1. The number of hydrogen-bond acceptors (Lipinski definition) is 7. The summed E-state index contributed by atoms with van der Waals surface area (Å²) in [7, 11) is 0. The van der Waals surface area contributed by atoms with Crippen LogP contribution < -0.4 is 19.8 Å². The van der Waals surface area contributed by atoms with Gasteiger partial charge in [-0.1, -0.05) is 62.8 Å². The van der Waals surface area contributed by atoms with Crippen LogP contribution >= 0.6 is 11.3 Å². The summed E-state index contributed by atoms with van der Waals surface area (Å²) in [6.07, 6.45) is 3.09. The Labute approximate surface area is 239 Å². The number of nitrogens with zero attached hydrogens (tertiary/aromatic N) is 3. The molecule has 0 spiro atoms. The van der Waals surface area contributed by atoms with Crippen molar-refractivity contribution in [2.45, 2.75) is 66.3 Å². The maximum absolute atomic E-state index is 14.0. The topological polar surface area (TPSA) is 84.1 Å². The van der Waals surface area contributed by atoms with E-state index in [1.165, 1.54) is 16.9 Å². The van der Waals surface area contributed by atoms with Gasteiger partial charge in [-0.25, -0.2) is 9.79 Å². The molecule has 4 rings (SSSR count). The molecule has 0 aliphatic carbocycles. The van der Waals surface area contributed by atoms with Crippen LogP contribution in [0.2, 0.25) is 0 Å². The number of aromatic nitrogens is 1. The van der Waals surface area contributed by atoms with Crippen molar-refractivity contribution in [3.63, 3.8) is 0 Å². The van der Waals surface area contributed by atoms with Gasteiger partial charge < -0.3 is 14.7 Å². The molecule has 1 aliphatic rings. The normalized spacial score (nSPS) is 15.3. The summed E-state index contributed by atoms with van der Waals surface area (Å²) in [5, 5.41) is 10.8. The number of aromatic hydroxyl groups is 1. The Hall–Kier alpha value is -3.65. The molecule has 0 unspecified atom stereocenters. The Morgan fingerprint density at radius 2 is 1.82 bits per heavy atom. The van der Waals surface area contributed by atoms with Crippen LogP contribution in [0.25, 0.3) is 6.08 Å². The van der Waals surface area contributed by atoms with Crippen molar-refractivity contribution >= 4 is 29.1 Å². The number of ether oxygens (including phenoxy) is 1. The lowest BCUT2D eigenvalue weighted by atomic mass is 9.92. The number of phenolic OH excluding ortho intramolecular Hbond substituents is 1. The van der Waals surface area contributed by atoms with Crippen molar-refractivity contribution in [1.29, 1.82) is 0 Å². The zero-order valence-electron chi connectivity index (χ0n) is 24.2. The largest absolute Gasteiger partial charge is 0.507 e. The lowest BCUT2D eigenvalue weighted by molar-refractivity contribution is -0.139. The molecule has 7 nitrogen and oxygen atoms in total. The number of anilines is 1. The van der Waals surface area contributed by atoms with E-state index in [2.05, 4.69) is 32.6 Å². The van der Waals surface area contributed by atoms with E-state index >= 15 is 0 Å². The molecule has 0 fully saturated rings. The fourth-order valence-electron chi connectivity index (χ4n) is 5.08. The summed E-state index contributed by atoms with van der Waals surface area (Å²) < 4.78 is 7.52. The zero-order valence-corrected chi connectivity index (χ0v) is 25.0. The number of rotatable bonds is 10. The first-order chi connectivity index (χ1) is 19.2. The predicted octanol–water partition coefficient (Wildman–Crippen LogP) is 5.25. The Balaban J connectivity index is 1.92. The Morgan fingerprint density at radius 3 is 2.40 bits per heavy atom. The smallest absolute Gasteiger partial charge is 0.338 e. The van der Waals surface area contributed by atoms with Gasteiger partial charge in [-0.15, -0.1) is 0 Å². The van der Waals surface area contributed by atoms with Gasteiger partial charge >= 0.3 is 5.97 Å². The summed E-state index contributed by atoms with van der Waals surface area (Å²) >= 11 is 1.27. The first-order valence-electron chi connectivity index (χ1n) is 14.1. The fraction of sp³-hybridized carbons (Fsp3) is 0.406. The monoisotopic (exact) mass is 561 g/mol. The maximum atomic E-state index is 14.0. The van der Waals surface area contributed by atoms with Gasteiger partial charge in [0.05, 0.1) is 28.5 Å². The van der Waals surface area contributed by atoms with E-state index in [4.69, 9.17) is 9.73 Å². The number of benzene rings is 2. The van der Waals surface area contributed by atoms with Crippen molar-refractivity contribution < 1.29 is 14.6 Å². The first kappa shape index (κ1) is 29.3. The second kappa shape index (κ2) is 12.7. The van der Waals surface area contributed by atoms with Gasteiger partial charge in [-0.2, -0.15) is 0 Å². The SMILES string of the molecule is CCCC1=C(C(=O)OCC)[C@@H](c2ccc(C(C)C)cc2)n2c(s/c(=C\c3ccc(N(CC)CC)cc3O)c2=O)=N1. The molecule has 1 aromatic heterocycles. The van der Waals surface area contributed by atoms with Gasteiger partial charge in [0.2, 0.25) is 0 Å². The molecule has 0 saturated heterocycles. The maximum Gasteiger partial charge on any atom is 0.338 e. The van der Waals surface area contributed by atoms with Gasteiger partial charge in [0.15, 0.2) is 4.80 Å². The predicted molar refractivity (Wildman–Crippen MR) is 162 cm³/mol. The van der Waals surface area contributed by atoms with Crippen molar-refractivity contribution in [3.05, 3.63) is 90.1 Å². The lowest BCUT2D eigenvalue weighted by Gasteiger charge is -2.26. The highest BCUT2D eigenvalue weighted by Gasteiger charge is 2.34. The van der Waals surface area contributed by atoms with Gasteiger partial charge in [-0.3, -0.25) is 9.36 Å². The summed E-state index contributed by atoms with van der Waals surface area (Å²) in [5.41, 5.74) is 4.28. The standard InChI is InChI=1S/C32H39N3O4S/c1-7-11-25-28(31(38)39-10-4)29(22-14-12-21(13-15-22)20(5)6)35-30(37)27(40-32(35)33-25)18-23-16-17-24(19-26(23)36)34(8-2)9-3/h12-20,29,36H,7-11H2,1-6H3/b27-18-/t29-/m1/s1. The molecule has 0 bridgehead atoms. The number of carbonyl (C=O) groups is 1. The van der Waals surface area contributed by atoms with Crippen LogP contribution in [0.5, 0.6) is 5.75 Å². The molecule has 1 N–H and O–H groups in total. The van der Waals surface area contributed by atoms with Crippen molar-refractivity contribution in [2.24, 2.45) is 4.99 Å². The van der Waals surface area contributed by atoms with Crippen LogP contribution in [0.1, 0.15) is 83.0 Å². The van der Waals surface area contributed by atoms with Crippen LogP contribution in [0.15, 0.2) is 63.5 Å². The number of carbonyl (C=O) groups excluding carboxylic acids is 1. The molecule has 0 amide bonds. The van der Waals surface area contributed by atoms with E-state index in [0.717, 1.165) is 30.8 Å². The molecule has 0 saturated carbocycles. The highest BCUT2D eigenvalue weighted by Crippen LogP contribution is 2.33. The summed E-state index contributed by atoms with van der Waals surface area (Å²) in [4.78, 5) is 34.8. The van der Waals surface area contributed by atoms with Gasteiger partial charge in [0, 0.05) is 30.4 Å². The third-order valence-electron chi connectivity index (χ3n) is 7.24. The van der Waals surface area contributed by atoms with Crippen LogP contribution in [0.3, 0.4) is 0 Å². The highest BCUT2D eigenvalue weighted by molar-refractivity contribution is 7.07. The molecule has 40 heavy (non-hydrogen) atoms. The molecule has 212 valence electrons. The third-order valence-corrected chi connectivity index (χ3v) is 8.22. The molecular weight excluding hydrogens is 522 g/mol. The third kappa shape index (κ3) is 5.77. The van der Waals surface area contributed by atoms with Crippen LogP contribution in [-0.2, 0) is 9.53 Å². The summed E-state index contributed by atoms with van der Waals surface area (Å²) in [6.45, 7) is 14.1. The molecule has 0 radical (unpaired) electrons. The molecule has 1 atom stereocenters. The second-order valence-electron chi connectivity index (χ2n) is 10.2. The quantitative estimate of drug-likeness (QED) is 0.342. The van der Waals surface area contributed by atoms with E-state index in [-0.39, 0.29) is 17.9 Å². The van der Waals surface area contributed by atoms with Gasteiger partial charge in [-0.05, 0) is 62.4 Å². The van der Waals surface area contributed by atoms with Crippen LogP contribution in [-0.4, -0.2) is 35.3 Å². The average Bonchev–Trinajstić information content (AvgIpc) is 3.24. The zero-order chi connectivity index (χ0) is 29.0. The summed E-state index contributed by atoms with van der Waals surface area (Å²) in [5.74, 6) is 0.00838. The van der Waals surface area contributed by atoms with Crippen molar-refractivity contribution in [1.82, 2.24) is 4.57 Å². The molecule has 1 aliphatic heterocycles. The Morgan fingerprint density at radius 1 is 1.12 bits per heavy atom. The van der Waals surface area contributed by atoms with E-state index < -0.39 is 12.0 Å². The van der Waals surface area contributed by atoms with E-state index in [9.17, 15) is 14.7 Å². The number of phenols is 1. The Bertz CT molecular complexity index is 1580. The number of esters is 1. The fourth-order valence-corrected chi connectivity index (χ4v) is 6.09. The van der Waals surface area contributed by atoms with Crippen LogP contribution in [0.4, 0.5) is 5.69 Å². The van der Waals surface area contributed by atoms with E-state index in [0.29, 0.717) is 38.5 Å².